The van der Waals surface area contributed by atoms with Crippen LogP contribution in [0.25, 0.3) is 10.2 Å². The van der Waals surface area contributed by atoms with Gasteiger partial charge in [-0.3, -0.25) is 0 Å². The summed E-state index contributed by atoms with van der Waals surface area (Å²) in [6.45, 7) is 11.3. The maximum Gasteiger partial charge on any atom is 0.191 e. The van der Waals surface area contributed by atoms with Crippen LogP contribution in [-0.2, 0) is 17.8 Å². The van der Waals surface area contributed by atoms with Crippen LogP contribution < -0.4 is 5.32 Å². The minimum atomic E-state index is -0.0900. The van der Waals surface area contributed by atoms with E-state index in [9.17, 15) is 0 Å². The summed E-state index contributed by atoms with van der Waals surface area (Å²) in [5, 5.41) is 6.10. The van der Waals surface area contributed by atoms with Gasteiger partial charge in [-0.2, -0.15) is 0 Å². The van der Waals surface area contributed by atoms with Crippen LogP contribution in [0.1, 0.15) is 44.6 Å². The molecule has 0 saturated carbocycles. The number of rotatable bonds is 7. The Bertz CT molecular complexity index is 774. The van der Waals surface area contributed by atoms with E-state index in [0.29, 0.717) is 11.9 Å². The zero-order valence-electron chi connectivity index (χ0n) is 16.7. The molecule has 1 N–H and O–H groups in total. The lowest BCUT2D eigenvalue weighted by atomic mass is 9.90. The van der Waals surface area contributed by atoms with E-state index in [1.807, 2.05) is 0 Å². The Kier molecular flexibility index (Phi) is 6.11. The van der Waals surface area contributed by atoms with Crippen molar-refractivity contribution in [3.05, 3.63) is 10.4 Å². The number of thiophene rings is 1. The molecule has 0 aliphatic carbocycles. The molecule has 0 fully saturated rings. The maximum absolute atomic E-state index is 6.15. The number of aromatic nitrogens is 2. The van der Waals surface area contributed by atoms with Crippen LogP contribution in [0.5, 0.6) is 0 Å². The quantitative estimate of drug-likeness (QED) is 0.555. The highest BCUT2D eigenvalue weighted by Crippen LogP contribution is 2.42. The van der Waals surface area contributed by atoms with Crippen molar-refractivity contribution in [2.45, 2.75) is 63.2 Å². The third-order valence-corrected chi connectivity index (χ3v) is 6.72. The van der Waals surface area contributed by atoms with Crippen LogP contribution in [0.15, 0.2) is 5.16 Å². The molecule has 7 heteroatoms. The van der Waals surface area contributed by atoms with Gasteiger partial charge in [0.2, 0.25) is 0 Å². The molecule has 1 atom stereocenters. The van der Waals surface area contributed by atoms with Crippen molar-refractivity contribution in [3.8, 4) is 0 Å². The van der Waals surface area contributed by atoms with E-state index >= 15 is 0 Å². The number of nitrogens with zero attached hydrogens (tertiary/aromatic N) is 3. The van der Waals surface area contributed by atoms with Crippen molar-refractivity contribution in [1.29, 1.82) is 0 Å². The summed E-state index contributed by atoms with van der Waals surface area (Å²) in [4.78, 5) is 14.3. The molecule has 0 bridgehead atoms. The number of fused-ring (bicyclic) bond motifs is 3. The van der Waals surface area contributed by atoms with Gasteiger partial charge in [0.1, 0.15) is 10.6 Å². The normalized spacial score (nSPS) is 20.2. The van der Waals surface area contributed by atoms with Crippen molar-refractivity contribution in [3.63, 3.8) is 0 Å². The number of hydrogen-bond donors (Lipinski definition) is 1. The van der Waals surface area contributed by atoms with Crippen LogP contribution in [0.4, 0.5) is 5.82 Å². The minimum Gasteiger partial charge on any atom is -0.369 e. The van der Waals surface area contributed by atoms with Crippen LogP contribution in [-0.4, -0.2) is 52.9 Å². The third kappa shape index (κ3) is 4.32. The van der Waals surface area contributed by atoms with E-state index in [1.165, 1.54) is 15.8 Å². The number of nitrogens with one attached hydrogen (secondary N) is 1. The summed E-state index contributed by atoms with van der Waals surface area (Å²) < 4.78 is 6.15. The predicted octanol–water partition coefficient (Wildman–Crippen LogP) is 4.41. The zero-order valence-corrected chi connectivity index (χ0v) is 18.3. The van der Waals surface area contributed by atoms with E-state index in [0.717, 1.165) is 41.7 Å². The second-order valence-electron chi connectivity index (χ2n) is 7.70. The van der Waals surface area contributed by atoms with Crippen molar-refractivity contribution in [2.75, 3.05) is 32.5 Å². The fourth-order valence-corrected chi connectivity index (χ4v) is 4.94. The molecule has 1 aliphatic heterocycles. The highest BCUT2D eigenvalue weighted by atomic mass is 32.2. The molecule has 5 nitrogen and oxygen atoms in total. The molecule has 26 heavy (non-hydrogen) atoms. The summed E-state index contributed by atoms with van der Waals surface area (Å²) in [5.74, 6) is 0.984. The van der Waals surface area contributed by atoms with Gasteiger partial charge in [-0.05, 0) is 33.0 Å². The maximum atomic E-state index is 6.15. The lowest BCUT2D eigenvalue weighted by Crippen LogP contribution is -2.34. The molecule has 2 aromatic heterocycles. The summed E-state index contributed by atoms with van der Waals surface area (Å²) >= 11 is 3.49. The fraction of sp³-hybridized carbons (Fsp3) is 0.684. The highest BCUT2D eigenvalue weighted by molar-refractivity contribution is 7.99. The Morgan fingerprint density at radius 2 is 2.12 bits per heavy atom. The first-order valence-electron chi connectivity index (χ1n) is 9.33. The Morgan fingerprint density at radius 1 is 1.35 bits per heavy atom. The molecule has 3 heterocycles. The molecule has 3 rings (SSSR count). The first-order valence-corrected chi connectivity index (χ1v) is 11.0. The number of thioether (sulfide) groups is 1. The first-order chi connectivity index (χ1) is 12.3. The van der Waals surface area contributed by atoms with Gasteiger partial charge in [-0.25, -0.2) is 9.97 Å². The van der Waals surface area contributed by atoms with E-state index in [1.54, 1.807) is 23.1 Å². The number of ether oxygens (including phenoxy) is 1. The lowest BCUT2D eigenvalue weighted by molar-refractivity contribution is -0.0542. The van der Waals surface area contributed by atoms with Crippen LogP contribution >= 0.6 is 23.1 Å². The van der Waals surface area contributed by atoms with Gasteiger partial charge >= 0.3 is 0 Å². The van der Waals surface area contributed by atoms with Gasteiger partial charge in [0.25, 0.3) is 0 Å². The Labute approximate surface area is 164 Å². The molecule has 144 valence electrons. The van der Waals surface area contributed by atoms with Gasteiger partial charge in [0.15, 0.2) is 5.16 Å². The van der Waals surface area contributed by atoms with Crippen LogP contribution in [0, 0.1) is 0 Å². The molecule has 1 aliphatic rings. The molecular formula is C19H30N4OS2. The molecule has 2 aromatic rings. The lowest BCUT2D eigenvalue weighted by Gasteiger charge is -2.33. The first kappa shape index (κ1) is 19.9. The predicted molar refractivity (Wildman–Crippen MR) is 113 cm³/mol. The van der Waals surface area contributed by atoms with Crippen LogP contribution in [0.2, 0.25) is 0 Å². The second kappa shape index (κ2) is 8.00. The van der Waals surface area contributed by atoms with E-state index in [2.05, 4.69) is 52.0 Å². The molecule has 0 saturated heterocycles. The Hall–Kier alpha value is -0.890. The van der Waals surface area contributed by atoms with E-state index in [4.69, 9.17) is 14.7 Å². The monoisotopic (exact) mass is 394 g/mol. The topological polar surface area (TPSA) is 50.3 Å². The summed E-state index contributed by atoms with van der Waals surface area (Å²) in [6.07, 6.45) is 1.94. The van der Waals surface area contributed by atoms with Gasteiger partial charge in [0.05, 0.1) is 17.6 Å². The van der Waals surface area contributed by atoms with Crippen molar-refractivity contribution >= 4 is 39.1 Å². The smallest absolute Gasteiger partial charge is 0.191 e. The minimum absolute atomic E-state index is 0.0900. The van der Waals surface area contributed by atoms with Crippen molar-refractivity contribution in [1.82, 2.24) is 14.9 Å². The van der Waals surface area contributed by atoms with Crippen LogP contribution in [0.3, 0.4) is 0 Å². The summed E-state index contributed by atoms with van der Waals surface area (Å²) in [5.41, 5.74) is 1.29. The van der Waals surface area contributed by atoms with Gasteiger partial charge < -0.3 is 15.0 Å². The van der Waals surface area contributed by atoms with Crippen molar-refractivity contribution < 1.29 is 4.74 Å². The molecular weight excluding hydrogens is 364 g/mol. The fourth-order valence-electron chi connectivity index (χ4n) is 3.07. The highest BCUT2D eigenvalue weighted by Gasteiger charge is 2.33. The van der Waals surface area contributed by atoms with E-state index < -0.39 is 0 Å². The Balaban J connectivity index is 2.03. The van der Waals surface area contributed by atoms with Crippen molar-refractivity contribution in [2.24, 2.45) is 0 Å². The SMILES string of the molecule is CC[C@@]1(C)Cc2c(sc3nc(SC(C)C)nc(NCCN(C)C)c23)CO1. The molecule has 0 amide bonds. The standard InChI is InChI=1S/C19H30N4OS2/c1-7-19(4)10-13-14(11-24-19)26-17-15(13)16(20-8-9-23(5)6)21-18(22-17)25-12(2)3/h12H,7-11H2,1-6H3,(H,20,21,22)/t19-/m0/s1. The number of likely N-dealkylation sites (N-methyl/N-ethyl adjacent to an activating group) is 1. The largest absolute Gasteiger partial charge is 0.369 e. The summed E-state index contributed by atoms with van der Waals surface area (Å²) in [6, 6.07) is 0. The Morgan fingerprint density at radius 3 is 2.77 bits per heavy atom. The molecule has 0 radical (unpaired) electrons. The summed E-state index contributed by atoms with van der Waals surface area (Å²) in [7, 11) is 4.18. The van der Waals surface area contributed by atoms with Gasteiger partial charge in [0, 0.05) is 29.6 Å². The zero-order chi connectivity index (χ0) is 18.9. The number of hydrogen-bond acceptors (Lipinski definition) is 7. The molecule has 0 spiro atoms. The molecule has 0 aromatic carbocycles. The average molecular weight is 395 g/mol. The average Bonchev–Trinajstić information content (AvgIpc) is 2.91. The van der Waals surface area contributed by atoms with Gasteiger partial charge in [-0.15, -0.1) is 11.3 Å². The molecule has 0 unspecified atom stereocenters. The second-order valence-corrected chi connectivity index (χ2v) is 10.3. The third-order valence-electron chi connectivity index (χ3n) is 4.76. The number of anilines is 1. The van der Waals surface area contributed by atoms with Gasteiger partial charge in [-0.1, -0.05) is 32.5 Å². The van der Waals surface area contributed by atoms with E-state index in [-0.39, 0.29) is 5.60 Å².